The van der Waals surface area contributed by atoms with Crippen LogP contribution in [-0.2, 0) is 5.41 Å². The van der Waals surface area contributed by atoms with E-state index < -0.39 is 0 Å². The summed E-state index contributed by atoms with van der Waals surface area (Å²) in [6.45, 7) is 9.58. The van der Waals surface area contributed by atoms with E-state index in [-0.39, 0.29) is 5.41 Å². The molecule has 20 heavy (non-hydrogen) atoms. The second-order valence-electron chi connectivity index (χ2n) is 5.99. The predicted molar refractivity (Wildman–Crippen MR) is 89.2 cm³/mol. The van der Waals surface area contributed by atoms with Crippen LogP contribution in [0, 0.1) is 0 Å². The fourth-order valence-corrected chi connectivity index (χ4v) is 2.50. The molecule has 2 aromatic rings. The van der Waals surface area contributed by atoms with E-state index in [9.17, 15) is 0 Å². The number of halogens is 2. The molecular formula is C16H20Cl2N2. The molecule has 1 aromatic carbocycles. The van der Waals surface area contributed by atoms with Crippen LogP contribution in [0.15, 0.2) is 18.2 Å². The van der Waals surface area contributed by atoms with Crippen molar-refractivity contribution in [3.8, 4) is 0 Å². The maximum Gasteiger partial charge on any atom is 0.130 e. The van der Waals surface area contributed by atoms with Gasteiger partial charge in [-0.3, -0.25) is 0 Å². The van der Waals surface area contributed by atoms with Gasteiger partial charge in [-0.1, -0.05) is 57.0 Å². The molecule has 108 valence electrons. The molecule has 1 aromatic heterocycles. The fraction of sp³-hybridized carbons (Fsp3) is 0.438. The van der Waals surface area contributed by atoms with Gasteiger partial charge >= 0.3 is 0 Å². The third-order valence-corrected chi connectivity index (χ3v) is 4.02. The number of hydrogen-bond acceptors (Lipinski definition) is 2. The van der Waals surface area contributed by atoms with Gasteiger partial charge in [0.2, 0.25) is 0 Å². The van der Waals surface area contributed by atoms with E-state index in [1.165, 1.54) is 5.56 Å². The molecule has 1 heterocycles. The summed E-state index contributed by atoms with van der Waals surface area (Å²) in [7, 11) is 0. The van der Waals surface area contributed by atoms with Gasteiger partial charge in [0.1, 0.15) is 5.82 Å². The molecule has 0 spiro atoms. The number of fused-ring (bicyclic) bond motifs is 1. The van der Waals surface area contributed by atoms with E-state index in [0.717, 1.165) is 29.7 Å². The number of nitrogens with one attached hydrogen (secondary N) is 1. The van der Waals surface area contributed by atoms with Crippen molar-refractivity contribution in [3.63, 3.8) is 0 Å². The van der Waals surface area contributed by atoms with Crippen LogP contribution in [0.1, 0.15) is 39.7 Å². The van der Waals surface area contributed by atoms with Crippen molar-refractivity contribution in [1.82, 2.24) is 4.98 Å². The largest absolute Gasteiger partial charge is 0.370 e. The van der Waals surface area contributed by atoms with Gasteiger partial charge in [0.05, 0.1) is 15.6 Å². The molecule has 0 amide bonds. The molecule has 0 aliphatic rings. The normalized spacial score (nSPS) is 11.9. The van der Waals surface area contributed by atoms with E-state index in [1.807, 2.05) is 12.1 Å². The second-order valence-corrected chi connectivity index (χ2v) is 6.78. The summed E-state index contributed by atoms with van der Waals surface area (Å²) in [5, 5.41) is 5.47. The van der Waals surface area contributed by atoms with Gasteiger partial charge in [0.25, 0.3) is 0 Å². The number of nitrogens with zero attached hydrogens (tertiary/aromatic N) is 1. The summed E-state index contributed by atoms with van der Waals surface area (Å²) in [6, 6.07) is 5.94. The molecule has 0 atom stereocenters. The first-order valence-corrected chi connectivity index (χ1v) is 7.63. The first kappa shape index (κ1) is 15.4. The van der Waals surface area contributed by atoms with Crippen LogP contribution in [0.5, 0.6) is 0 Å². The number of rotatable bonds is 3. The summed E-state index contributed by atoms with van der Waals surface area (Å²) in [5.41, 5.74) is 1.96. The van der Waals surface area contributed by atoms with Crippen molar-refractivity contribution in [3.05, 3.63) is 33.8 Å². The van der Waals surface area contributed by atoms with Gasteiger partial charge < -0.3 is 5.32 Å². The number of aromatic nitrogens is 1. The Morgan fingerprint density at radius 3 is 2.50 bits per heavy atom. The minimum absolute atomic E-state index is 0.0172. The van der Waals surface area contributed by atoms with Gasteiger partial charge in [0, 0.05) is 17.5 Å². The molecule has 0 radical (unpaired) electrons. The lowest BCUT2D eigenvalue weighted by atomic mass is 9.86. The van der Waals surface area contributed by atoms with Crippen LogP contribution < -0.4 is 5.32 Å². The molecule has 2 nitrogen and oxygen atoms in total. The van der Waals surface area contributed by atoms with E-state index >= 15 is 0 Å². The Labute approximate surface area is 130 Å². The van der Waals surface area contributed by atoms with Crippen molar-refractivity contribution >= 4 is 39.9 Å². The highest BCUT2D eigenvalue weighted by atomic mass is 35.5. The molecule has 4 heteroatoms. The zero-order chi connectivity index (χ0) is 14.9. The molecule has 0 aliphatic carbocycles. The van der Waals surface area contributed by atoms with Crippen molar-refractivity contribution < 1.29 is 0 Å². The van der Waals surface area contributed by atoms with E-state index in [2.05, 4.69) is 39.1 Å². The van der Waals surface area contributed by atoms with E-state index in [0.29, 0.717) is 10.0 Å². The monoisotopic (exact) mass is 310 g/mol. The average Bonchev–Trinajstić information content (AvgIpc) is 2.39. The van der Waals surface area contributed by atoms with Crippen LogP contribution in [0.3, 0.4) is 0 Å². The molecule has 1 N–H and O–H groups in total. The van der Waals surface area contributed by atoms with Crippen molar-refractivity contribution in [1.29, 1.82) is 0 Å². The van der Waals surface area contributed by atoms with Gasteiger partial charge in [-0.15, -0.1) is 0 Å². The highest BCUT2D eigenvalue weighted by Gasteiger charge is 2.21. The minimum atomic E-state index is 0.0172. The van der Waals surface area contributed by atoms with E-state index in [4.69, 9.17) is 28.2 Å². The Hall–Kier alpha value is -0.990. The van der Waals surface area contributed by atoms with Crippen LogP contribution in [0.4, 0.5) is 5.82 Å². The zero-order valence-electron chi connectivity index (χ0n) is 12.3. The lowest BCUT2D eigenvalue weighted by Crippen LogP contribution is -2.16. The Morgan fingerprint density at radius 2 is 1.90 bits per heavy atom. The highest BCUT2D eigenvalue weighted by molar-refractivity contribution is 6.45. The number of anilines is 1. The quantitative estimate of drug-likeness (QED) is 0.791. The summed E-state index contributed by atoms with van der Waals surface area (Å²) < 4.78 is 0. The second kappa shape index (κ2) is 5.79. The van der Waals surface area contributed by atoms with Gasteiger partial charge in [-0.2, -0.15) is 0 Å². The molecule has 0 fully saturated rings. The van der Waals surface area contributed by atoms with Crippen LogP contribution >= 0.6 is 23.2 Å². The number of hydrogen-bond donors (Lipinski definition) is 1. The topological polar surface area (TPSA) is 24.9 Å². The molecule has 2 rings (SSSR count). The Balaban J connectivity index is 2.68. The summed E-state index contributed by atoms with van der Waals surface area (Å²) in [5.74, 6) is 0.899. The Kier molecular flexibility index (Phi) is 4.46. The molecule has 0 bridgehead atoms. The summed E-state index contributed by atoms with van der Waals surface area (Å²) >= 11 is 12.4. The third-order valence-electron chi connectivity index (χ3n) is 3.23. The molecule has 0 saturated carbocycles. The SMILES string of the molecule is CCCNc1nc2c(Cl)c(Cl)ccc2cc1C(C)(C)C. The molecule has 0 saturated heterocycles. The van der Waals surface area contributed by atoms with Crippen molar-refractivity contribution in [2.75, 3.05) is 11.9 Å². The minimum Gasteiger partial charge on any atom is -0.370 e. The van der Waals surface area contributed by atoms with Crippen LogP contribution in [0.25, 0.3) is 10.9 Å². The van der Waals surface area contributed by atoms with Gasteiger partial charge in [-0.05, 0) is 24.0 Å². The van der Waals surface area contributed by atoms with Crippen LogP contribution in [0.2, 0.25) is 10.0 Å². The summed E-state index contributed by atoms with van der Waals surface area (Å²) in [4.78, 5) is 4.71. The smallest absolute Gasteiger partial charge is 0.130 e. The lowest BCUT2D eigenvalue weighted by Gasteiger charge is -2.23. The standard InChI is InChI=1S/C16H20Cl2N2/c1-5-8-19-15-11(16(2,3)4)9-10-6-7-12(17)13(18)14(10)20-15/h6-7,9H,5,8H2,1-4H3,(H,19,20). The van der Waals surface area contributed by atoms with Gasteiger partial charge in [-0.25, -0.2) is 4.98 Å². The predicted octanol–water partition coefficient (Wildman–Crippen LogP) is 5.66. The van der Waals surface area contributed by atoms with E-state index in [1.54, 1.807) is 0 Å². The summed E-state index contributed by atoms with van der Waals surface area (Å²) in [6.07, 6.45) is 1.05. The van der Waals surface area contributed by atoms with Crippen molar-refractivity contribution in [2.24, 2.45) is 0 Å². The van der Waals surface area contributed by atoms with Crippen LogP contribution in [-0.4, -0.2) is 11.5 Å². The number of benzene rings is 1. The average molecular weight is 311 g/mol. The first-order chi connectivity index (χ1) is 9.34. The maximum absolute atomic E-state index is 6.28. The Bertz CT molecular complexity index is 630. The van der Waals surface area contributed by atoms with Gasteiger partial charge in [0.15, 0.2) is 0 Å². The van der Waals surface area contributed by atoms with Crippen molar-refractivity contribution in [2.45, 2.75) is 39.5 Å². The zero-order valence-corrected chi connectivity index (χ0v) is 13.9. The highest BCUT2D eigenvalue weighted by Crippen LogP contribution is 2.35. The molecular weight excluding hydrogens is 291 g/mol. The lowest BCUT2D eigenvalue weighted by molar-refractivity contribution is 0.590. The Morgan fingerprint density at radius 1 is 1.20 bits per heavy atom. The number of pyridine rings is 1. The molecule has 0 aliphatic heterocycles. The fourth-order valence-electron chi connectivity index (χ4n) is 2.13. The maximum atomic E-state index is 6.28. The molecule has 0 unspecified atom stereocenters. The third kappa shape index (κ3) is 3.02. The first-order valence-electron chi connectivity index (χ1n) is 6.87.